The van der Waals surface area contributed by atoms with Crippen LogP contribution < -0.4 is 5.73 Å². The molecule has 2 rings (SSSR count). The van der Waals surface area contributed by atoms with E-state index in [1.165, 1.54) is 0 Å². The van der Waals surface area contributed by atoms with Crippen LogP contribution in [0.3, 0.4) is 0 Å². The molecule has 2 aromatic rings. The van der Waals surface area contributed by atoms with Crippen molar-refractivity contribution in [1.82, 2.24) is 14.5 Å². The highest BCUT2D eigenvalue weighted by Gasteiger charge is 2.10. The molecule has 0 aliphatic heterocycles. The van der Waals surface area contributed by atoms with Crippen LogP contribution in [-0.4, -0.2) is 20.4 Å². The lowest BCUT2D eigenvalue weighted by atomic mass is 10.2. The maximum absolute atomic E-state index is 7.34. The molecule has 0 radical (unpaired) electrons. The number of nitrogens with two attached hydrogens (primary N) is 1. The van der Waals surface area contributed by atoms with Crippen molar-refractivity contribution in [3.63, 3.8) is 0 Å². The van der Waals surface area contributed by atoms with Crippen molar-refractivity contribution in [1.29, 1.82) is 5.41 Å². The van der Waals surface area contributed by atoms with Gasteiger partial charge in [0.15, 0.2) is 5.82 Å². The van der Waals surface area contributed by atoms with Crippen LogP contribution in [0.4, 0.5) is 0 Å². The Morgan fingerprint density at radius 2 is 2.27 bits per heavy atom. The third kappa shape index (κ3) is 1.69. The number of aromatic nitrogens is 3. The summed E-state index contributed by atoms with van der Waals surface area (Å²) >= 11 is 6.06. The number of hydrogen-bond donors (Lipinski definition) is 2. The van der Waals surface area contributed by atoms with Gasteiger partial charge in [-0.3, -0.25) is 9.98 Å². The Labute approximate surface area is 91.0 Å². The molecular weight excluding hydrogens is 214 g/mol. The molecule has 0 unspecified atom stereocenters. The Kier molecular flexibility index (Phi) is 2.39. The van der Waals surface area contributed by atoms with Crippen molar-refractivity contribution in [2.45, 2.75) is 0 Å². The first-order chi connectivity index (χ1) is 7.20. The number of nitrogen functional groups attached to an aromatic ring is 1. The fraction of sp³-hybridized carbons (Fsp3) is 0. The number of pyridine rings is 1. The van der Waals surface area contributed by atoms with Crippen LogP contribution in [0.1, 0.15) is 5.56 Å². The normalized spacial score (nSPS) is 10.2. The van der Waals surface area contributed by atoms with Gasteiger partial charge in [-0.15, -0.1) is 0 Å². The van der Waals surface area contributed by atoms with E-state index in [2.05, 4.69) is 9.97 Å². The first-order valence-corrected chi connectivity index (χ1v) is 4.55. The Bertz CT molecular complexity index is 491. The summed E-state index contributed by atoms with van der Waals surface area (Å²) in [6.07, 6.45) is 6.48. The molecule has 6 heteroatoms. The molecule has 0 atom stereocenters. The standard InChI is InChI=1S/C9H8ClN5/c10-7-6(8(11)12)1-2-14-9(7)15-4-3-13-5-15/h1-5H,(H3,11,12). The largest absolute Gasteiger partial charge is 0.384 e. The molecule has 5 nitrogen and oxygen atoms in total. The molecule has 0 spiro atoms. The van der Waals surface area contributed by atoms with E-state index in [1.807, 2.05) is 0 Å². The molecule has 0 bridgehead atoms. The van der Waals surface area contributed by atoms with E-state index < -0.39 is 0 Å². The van der Waals surface area contributed by atoms with Crippen LogP contribution in [0.2, 0.25) is 5.02 Å². The van der Waals surface area contributed by atoms with Gasteiger partial charge in [0.1, 0.15) is 12.2 Å². The second kappa shape index (κ2) is 3.70. The van der Waals surface area contributed by atoms with E-state index >= 15 is 0 Å². The van der Waals surface area contributed by atoms with Crippen molar-refractivity contribution in [2.75, 3.05) is 0 Å². The highest BCUT2D eigenvalue weighted by atomic mass is 35.5. The van der Waals surface area contributed by atoms with Crippen molar-refractivity contribution in [3.8, 4) is 5.82 Å². The summed E-state index contributed by atoms with van der Waals surface area (Å²) in [5.74, 6) is 0.436. The molecule has 15 heavy (non-hydrogen) atoms. The van der Waals surface area contributed by atoms with Crippen LogP contribution in [0.25, 0.3) is 5.82 Å². The predicted molar refractivity (Wildman–Crippen MR) is 57.4 cm³/mol. The van der Waals surface area contributed by atoms with Gasteiger partial charge in [-0.25, -0.2) is 9.97 Å². The maximum Gasteiger partial charge on any atom is 0.157 e. The van der Waals surface area contributed by atoms with Gasteiger partial charge in [0.2, 0.25) is 0 Å². The Balaban J connectivity index is 2.59. The number of nitrogens with one attached hydrogen (secondary N) is 1. The lowest BCUT2D eigenvalue weighted by molar-refractivity contribution is 0.991. The molecular formula is C9H8ClN5. The van der Waals surface area contributed by atoms with Crippen LogP contribution in [0.15, 0.2) is 31.0 Å². The van der Waals surface area contributed by atoms with E-state index in [9.17, 15) is 0 Å². The molecule has 0 fully saturated rings. The second-order valence-electron chi connectivity index (χ2n) is 2.88. The van der Waals surface area contributed by atoms with Gasteiger partial charge < -0.3 is 5.73 Å². The number of nitrogens with zero attached hydrogens (tertiary/aromatic N) is 3. The predicted octanol–water partition coefficient (Wildman–Crippen LogP) is 1.20. The minimum Gasteiger partial charge on any atom is -0.384 e. The number of halogens is 1. The third-order valence-electron chi connectivity index (χ3n) is 1.91. The Hall–Kier alpha value is -1.88. The monoisotopic (exact) mass is 221 g/mol. The van der Waals surface area contributed by atoms with Crippen LogP contribution in [0, 0.1) is 5.41 Å². The minimum atomic E-state index is -0.0798. The van der Waals surface area contributed by atoms with Crippen LogP contribution >= 0.6 is 11.6 Å². The molecule has 0 aromatic carbocycles. The summed E-state index contributed by atoms with van der Waals surface area (Å²) in [4.78, 5) is 8.00. The summed E-state index contributed by atoms with van der Waals surface area (Å²) in [6.45, 7) is 0. The van der Waals surface area contributed by atoms with Crippen LogP contribution in [-0.2, 0) is 0 Å². The molecule has 0 aliphatic carbocycles. The van der Waals surface area contributed by atoms with Gasteiger partial charge in [0.05, 0.1) is 5.02 Å². The Morgan fingerprint density at radius 1 is 1.47 bits per heavy atom. The number of imidazole rings is 1. The summed E-state index contributed by atoms with van der Waals surface area (Å²) in [5, 5.41) is 7.69. The molecule has 76 valence electrons. The molecule has 2 heterocycles. The number of rotatable bonds is 2. The zero-order chi connectivity index (χ0) is 10.8. The van der Waals surface area contributed by atoms with E-state index in [1.54, 1.807) is 35.6 Å². The van der Waals surface area contributed by atoms with E-state index in [0.29, 0.717) is 16.4 Å². The summed E-state index contributed by atoms with van der Waals surface area (Å²) in [6, 6.07) is 1.60. The van der Waals surface area contributed by atoms with Gasteiger partial charge in [-0.05, 0) is 6.07 Å². The van der Waals surface area contributed by atoms with Gasteiger partial charge >= 0.3 is 0 Å². The maximum atomic E-state index is 7.34. The van der Waals surface area contributed by atoms with Crippen molar-refractivity contribution >= 4 is 17.4 Å². The molecule has 0 saturated heterocycles. The average Bonchev–Trinajstić information content (AvgIpc) is 2.70. The van der Waals surface area contributed by atoms with E-state index in [4.69, 9.17) is 22.7 Å². The first-order valence-electron chi connectivity index (χ1n) is 4.17. The summed E-state index contributed by atoms with van der Waals surface area (Å²) in [7, 11) is 0. The van der Waals surface area contributed by atoms with Crippen molar-refractivity contribution in [2.24, 2.45) is 5.73 Å². The molecule has 2 aromatic heterocycles. The summed E-state index contributed by atoms with van der Waals surface area (Å²) in [5.41, 5.74) is 5.85. The fourth-order valence-corrected chi connectivity index (χ4v) is 1.52. The number of hydrogen-bond acceptors (Lipinski definition) is 3. The molecule has 3 N–H and O–H groups in total. The summed E-state index contributed by atoms with van der Waals surface area (Å²) < 4.78 is 1.66. The zero-order valence-electron chi connectivity index (χ0n) is 7.68. The van der Waals surface area contributed by atoms with E-state index in [0.717, 1.165) is 0 Å². The smallest absolute Gasteiger partial charge is 0.157 e. The Morgan fingerprint density at radius 3 is 2.87 bits per heavy atom. The fourth-order valence-electron chi connectivity index (χ4n) is 1.21. The highest BCUT2D eigenvalue weighted by molar-refractivity contribution is 6.35. The van der Waals surface area contributed by atoms with E-state index in [-0.39, 0.29) is 5.84 Å². The zero-order valence-corrected chi connectivity index (χ0v) is 8.44. The van der Waals surface area contributed by atoms with Crippen molar-refractivity contribution < 1.29 is 0 Å². The second-order valence-corrected chi connectivity index (χ2v) is 3.26. The molecule has 0 amide bonds. The van der Waals surface area contributed by atoms with Gasteiger partial charge in [0.25, 0.3) is 0 Å². The van der Waals surface area contributed by atoms with Gasteiger partial charge in [-0.1, -0.05) is 11.6 Å². The highest BCUT2D eigenvalue weighted by Crippen LogP contribution is 2.21. The lowest BCUT2D eigenvalue weighted by Crippen LogP contribution is -2.13. The minimum absolute atomic E-state index is 0.0798. The third-order valence-corrected chi connectivity index (χ3v) is 2.28. The van der Waals surface area contributed by atoms with Crippen molar-refractivity contribution in [3.05, 3.63) is 41.6 Å². The lowest BCUT2D eigenvalue weighted by Gasteiger charge is -2.07. The quantitative estimate of drug-likeness (QED) is 0.591. The average molecular weight is 222 g/mol. The van der Waals surface area contributed by atoms with Gasteiger partial charge in [0, 0.05) is 24.2 Å². The SMILES string of the molecule is N=C(N)c1ccnc(-n2ccnc2)c1Cl. The van der Waals surface area contributed by atoms with Gasteiger partial charge in [-0.2, -0.15) is 0 Å². The number of amidine groups is 1. The topological polar surface area (TPSA) is 80.6 Å². The van der Waals surface area contributed by atoms with Crippen LogP contribution in [0.5, 0.6) is 0 Å². The first kappa shape index (κ1) is 9.67. The molecule has 0 saturated carbocycles. The molecule has 0 aliphatic rings.